The summed E-state index contributed by atoms with van der Waals surface area (Å²) in [5, 5.41) is 0. The second-order valence-corrected chi connectivity index (χ2v) is 3.44. The van der Waals surface area contributed by atoms with Gasteiger partial charge in [0.05, 0.1) is 6.54 Å². The predicted molar refractivity (Wildman–Crippen MR) is 62.4 cm³/mol. The first-order valence-corrected chi connectivity index (χ1v) is 4.84. The molecular formula is C11H7FN4O2. The van der Waals surface area contributed by atoms with Crippen LogP contribution in [-0.2, 0) is 13.6 Å². The van der Waals surface area contributed by atoms with Crippen LogP contribution in [0.3, 0.4) is 0 Å². The molecule has 7 heteroatoms. The van der Waals surface area contributed by atoms with E-state index in [-0.39, 0.29) is 23.5 Å². The highest BCUT2D eigenvalue weighted by Gasteiger charge is 2.13. The number of hydrogen-bond donors (Lipinski definition) is 1. The molecule has 2 aromatic heterocycles. The Morgan fingerprint density at radius 2 is 2.22 bits per heavy atom. The molecule has 2 rings (SSSR count). The first-order valence-electron chi connectivity index (χ1n) is 4.84. The van der Waals surface area contributed by atoms with E-state index < -0.39 is 11.2 Å². The second kappa shape index (κ2) is 4.22. The molecule has 0 spiro atoms. The molecule has 0 atom stereocenters. The molecule has 1 N–H and O–H groups in total. The summed E-state index contributed by atoms with van der Waals surface area (Å²) in [4.78, 5) is 30.2. The molecule has 0 aliphatic carbocycles. The third-order valence-corrected chi connectivity index (χ3v) is 2.39. The third-order valence-electron chi connectivity index (χ3n) is 2.39. The van der Waals surface area contributed by atoms with Crippen molar-refractivity contribution in [3.8, 4) is 24.4 Å². The molecule has 0 bridgehead atoms. The summed E-state index contributed by atoms with van der Waals surface area (Å²) in [5.41, 5.74) is -1.02. The highest BCUT2D eigenvalue weighted by atomic mass is 19.1. The molecule has 6 nitrogen and oxygen atoms in total. The van der Waals surface area contributed by atoms with Crippen LogP contribution in [-0.4, -0.2) is 19.1 Å². The molecule has 0 aromatic carbocycles. The number of nitrogens with one attached hydrogen (secondary N) is 1. The van der Waals surface area contributed by atoms with Crippen molar-refractivity contribution in [2.24, 2.45) is 7.05 Å². The Hall–Kier alpha value is -2.80. The summed E-state index contributed by atoms with van der Waals surface area (Å²) in [5.74, 6) is 4.22. The van der Waals surface area contributed by atoms with Crippen molar-refractivity contribution in [3.05, 3.63) is 26.7 Å². The van der Waals surface area contributed by atoms with Crippen LogP contribution in [0.5, 0.6) is 0 Å². The maximum Gasteiger partial charge on any atom is 0.333 e. The zero-order valence-corrected chi connectivity index (χ0v) is 9.32. The number of aromatic amines is 1. The van der Waals surface area contributed by atoms with Gasteiger partial charge >= 0.3 is 5.69 Å². The van der Waals surface area contributed by atoms with Crippen molar-refractivity contribution in [1.82, 2.24) is 19.1 Å². The number of rotatable bonds is 1. The van der Waals surface area contributed by atoms with Gasteiger partial charge in [-0.1, -0.05) is 5.92 Å². The van der Waals surface area contributed by atoms with Gasteiger partial charge in [0, 0.05) is 13.0 Å². The Kier molecular flexibility index (Phi) is 2.74. The molecule has 0 aliphatic heterocycles. The van der Waals surface area contributed by atoms with Crippen LogP contribution in [0.1, 0.15) is 5.82 Å². The molecule has 18 heavy (non-hydrogen) atoms. The van der Waals surface area contributed by atoms with E-state index in [1.165, 1.54) is 13.2 Å². The molecular weight excluding hydrogens is 239 g/mol. The average Bonchev–Trinajstić information content (AvgIpc) is 2.77. The van der Waals surface area contributed by atoms with Crippen LogP contribution in [0, 0.1) is 24.4 Å². The van der Waals surface area contributed by atoms with E-state index >= 15 is 0 Å². The molecule has 0 amide bonds. The van der Waals surface area contributed by atoms with E-state index in [1.807, 2.05) is 5.92 Å². The molecule has 2 aromatic rings. The topological polar surface area (TPSA) is 72.7 Å². The Balaban J connectivity index is 2.93. The minimum atomic E-state index is -0.606. The van der Waals surface area contributed by atoms with Gasteiger partial charge in [0.2, 0.25) is 0 Å². The van der Waals surface area contributed by atoms with Crippen molar-refractivity contribution in [2.75, 3.05) is 0 Å². The lowest BCUT2D eigenvalue weighted by atomic mass is 10.5. The lowest BCUT2D eigenvalue weighted by Gasteiger charge is -2.03. The standard InChI is InChI=1S/C11H7FN4O2/c1-3-6-16-10(17)8-9(15(2)11(16)18)14-7(13-8)4-5-12/h1H,6H2,2H3,(H,13,14). The summed E-state index contributed by atoms with van der Waals surface area (Å²) in [6.07, 6.45) is 6.26. The Morgan fingerprint density at radius 1 is 1.50 bits per heavy atom. The number of halogens is 1. The van der Waals surface area contributed by atoms with Gasteiger partial charge in [-0.2, -0.15) is 0 Å². The van der Waals surface area contributed by atoms with E-state index in [4.69, 9.17) is 6.42 Å². The van der Waals surface area contributed by atoms with E-state index in [0.717, 1.165) is 9.13 Å². The highest BCUT2D eigenvalue weighted by molar-refractivity contribution is 5.70. The minimum absolute atomic E-state index is 0.0296. The number of fused-ring (bicyclic) bond motifs is 1. The van der Waals surface area contributed by atoms with E-state index in [1.54, 1.807) is 0 Å². The normalized spacial score (nSPS) is 9.83. The lowest BCUT2D eigenvalue weighted by molar-refractivity contribution is 0.676. The first kappa shape index (κ1) is 11.7. The number of H-pyrrole nitrogens is 1. The maximum atomic E-state index is 11.9. The summed E-state index contributed by atoms with van der Waals surface area (Å²) in [6.45, 7) is -0.148. The SMILES string of the molecule is C#CCn1c(=O)c2[nH]c(C#CF)nc2n(C)c1=O. The quantitative estimate of drug-likeness (QED) is 0.678. The fraction of sp³-hybridized carbons (Fsp3) is 0.182. The van der Waals surface area contributed by atoms with E-state index in [0.29, 0.717) is 0 Å². The van der Waals surface area contributed by atoms with Crippen LogP contribution >= 0.6 is 0 Å². The monoisotopic (exact) mass is 246 g/mol. The summed E-state index contributed by atoms with van der Waals surface area (Å²) >= 11 is 0. The smallest absolute Gasteiger partial charge is 0.325 e. The summed E-state index contributed by atoms with van der Waals surface area (Å²) in [6, 6.07) is 0. The van der Waals surface area contributed by atoms with Gasteiger partial charge in [-0.05, 0) is 0 Å². The van der Waals surface area contributed by atoms with Gasteiger partial charge in [0.25, 0.3) is 5.56 Å². The first-order chi connectivity index (χ1) is 8.60. The average molecular weight is 246 g/mol. The van der Waals surface area contributed by atoms with Crippen molar-refractivity contribution in [1.29, 1.82) is 0 Å². The number of hydrogen-bond acceptors (Lipinski definition) is 3. The second-order valence-electron chi connectivity index (χ2n) is 3.44. The van der Waals surface area contributed by atoms with E-state index in [9.17, 15) is 14.0 Å². The van der Waals surface area contributed by atoms with Crippen LogP contribution in [0.2, 0.25) is 0 Å². The molecule has 90 valence electrons. The predicted octanol–water partition coefficient (Wildman–Crippen LogP) is -0.665. The van der Waals surface area contributed by atoms with Gasteiger partial charge in [0.15, 0.2) is 17.0 Å². The highest BCUT2D eigenvalue weighted by Crippen LogP contribution is 2.03. The third kappa shape index (κ3) is 1.59. The Labute approximate surface area is 100 Å². The van der Waals surface area contributed by atoms with Crippen molar-refractivity contribution >= 4 is 11.2 Å². The van der Waals surface area contributed by atoms with Crippen molar-refractivity contribution in [2.45, 2.75) is 6.54 Å². The number of aromatic nitrogens is 4. The van der Waals surface area contributed by atoms with Gasteiger partial charge in [0.1, 0.15) is 6.17 Å². The van der Waals surface area contributed by atoms with Crippen LogP contribution in [0.15, 0.2) is 9.59 Å². The van der Waals surface area contributed by atoms with E-state index in [2.05, 4.69) is 15.9 Å². The van der Waals surface area contributed by atoms with Crippen LogP contribution in [0.4, 0.5) is 4.39 Å². The van der Waals surface area contributed by atoms with Crippen molar-refractivity contribution < 1.29 is 4.39 Å². The van der Waals surface area contributed by atoms with Gasteiger partial charge in [-0.15, -0.1) is 10.8 Å². The molecule has 0 unspecified atom stereocenters. The number of aryl methyl sites for hydroxylation is 1. The zero-order valence-electron chi connectivity index (χ0n) is 9.32. The molecule has 0 saturated carbocycles. The largest absolute Gasteiger partial charge is 0.333 e. The number of nitrogens with zero attached hydrogens (tertiary/aromatic N) is 3. The number of imidazole rings is 1. The molecule has 0 saturated heterocycles. The Bertz CT molecular complexity index is 839. The Morgan fingerprint density at radius 3 is 2.83 bits per heavy atom. The number of terminal acetylenes is 1. The van der Waals surface area contributed by atoms with Crippen LogP contribution < -0.4 is 11.2 Å². The molecule has 0 aliphatic rings. The lowest BCUT2D eigenvalue weighted by Crippen LogP contribution is -2.38. The fourth-order valence-corrected chi connectivity index (χ4v) is 1.58. The fourth-order valence-electron chi connectivity index (χ4n) is 1.58. The minimum Gasteiger partial charge on any atom is -0.325 e. The summed E-state index contributed by atoms with van der Waals surface area (Å²) in [7, 11) is 1.44. The van der Waals surface area contributed by atoms with Crippen molar-refractivity contribution in [3.63, 3.8) is 0 Å². The van der Waals surface area contributed by atoms with Crippen LogP contribution in [0.25, 0.3) is 11.2 Å². The molecule has 0 radical (unpaired) electrons. The maximum absolute atomic E-state index is 11.9. The zero-order chi connectivity index (χ0) is 13.3. The van der Waals surface area contributed by atoms with Gasteiger partial charge in [-0.25, -0.2) is 14.3 Å². The summed E-state index contributed by atoms with van der Waals surface area (Å²) < 4.78 is 13.9. The molecule has 0 fully saturated rings. The van der Waals surface area contributed by atoms with Gasteiger partial charge in [-0.3, -0.25) is 9.36 Å². The van der Waals surface area contributed by atoms with Gasteiger partial charge < -0.3 is 4.98 Å². The molecule has 2 heterocycles.